The molecular formula is C12H19N5O2. The summed E-state index contributed by atoms with van der Waals surface area (Å²) in [6, 6.07) is 0. The zero-order valence-electron chi connectivity index (χ0n) is 11.2. The number of anilines is 1. The lowest BCUT2D eigenvalue weighted by Gasteiger charge is -2.35. The second-order valence-corrected chi connectivity index (χ2v) is 5.02. The van der Waals surface area contributed by atoms with Gasteiger partial charge < -0.3 is 5.32 Å². The van der Waals surface area contributed by atoms with E-state index in [4.69, 9.17) is 0 Å². The van der Waals surface area contributed by atoms with Crippen LogP contribution in [0.3, 0.4) is 0 Å². The monoisotopic (exact) mass is 265 g/mol. The number of aryl methyl sites for hydroxylation is 1. The van der Waals surface area contributed by atoms with Crippen molar-refractivity contribution in [3.63, 3.8) is 0 Å². The van der Waals surface area contributed by atoms with E-state index in [1.165, 1.54) is 6.92 Å². The van der Waals surface area contributed by atoms with Crippen molar-refractivity contribution >= 4 is 17.8 Å². The van der Waals surface area contributed by atoms with Crippen molar-refractivity contribution in [2.75, 3.05) is 5.32 Å². The highest BCUT2D eigenvalue weighted by atomic mass is 16.2. The van der Waals surface area contributed by atoms with Gasteiger partial charge in [-0.15, -0.1) is 5.10 Å². The van der Waals surface area contributed by atoms with E-state index in [9.17, 15) is 9.59 Å². The number of aromatic nitrogens is 3. The summed E-state index contributed by atoms with van der Waals surface area (Å²) in [5, 5.41) is 12.0. The van der Waals surface area contributed by atoms with Gasteiger partial charge in [0.25, 0.3) is 5.91 Å². The van der Waals surface area contributed by atoms with Gasteiger partial charge in [-0.1, -0.05) is 19.3 Å². The molecule has 1 aromatic rings. The molecule has 0 aromatic carbocycles. The van der Waals surface area contributed by atoms with Crippen LogP contribution in [-0.2, 0) is 9.59 Å². The first kappa shape index (κ1) is 13.5. The van der Waals surface area contributed by atoms with Crippen LogP contribution in [0.15, 0.2) is 0 Å². The lowest BCUT2D eigenvalue weighted by molar-refractivity contribution is -0.130. The Labute approximate surface area is 111 Å². The van der Waals surface area contributed by atoms with Crippen LogP contribution < -0.4 is 10.6 Å². The molecule has 0 aliphatic heterocycles. The zero-order chi connectivity index (χ0) is 13.9. The third-order valence-corrected chi connectivity index (χ3v) is 3.38. The Bertz CT molecular complexity index is 476. The molecule has 3 N–H and O–H groups in total. The molecule has 1 fully saturated rings. The van der Waals surface area contributed by atoms with Crippen LogP contribution in [0.1, 0.15) is 44.9 Å². The third kappa shape index (κ3) is 3.10. The highest BCUT2D eigenvalue weighted by molar-refractivity contribution is 5.99. The number of rotatable bonds is 3. The van der Waals surface area contributed by atoms with Gasteiger partial charge in [-0.2, -0.15) is 4.98 Å². The van der Waals surface area contributed by atoms with Gasteiger partial charge in [-0.05, 0) is 19.8 Å². The fraction of sp³-hybridized carbons (Fsp3) is 0.667. The van der Waals surface area contributed by atoms with Crippen LogP contribution in [0.2, 0.25) is 0 Å². The number of carbonyl (C=O) groups excluding carboxylic acids is 2. The molecular weight excluding hydrogens is 246 g/mol. The Morgan fingerprint density at radius 1 is 1.26 bits per heavy atom. The zero-order valence-corrected chi connectivity index (χ0v) is 11.2. The normalized spacial score (nSPS) is 17.8. The predicted molar refractivity (Wildman–Crippen MR) is 69.4 cm³/mol. The summed E-state index contributed by atoms with van der Waals surface area (Å²) in [5.74, 6) is 0.454. The van der Waals surface area contributed by atoms with E-state index < -0.39 is 5.54 Å². The molecule has 1 aliphatic rings. The summed E-state index contributed by atoms with van der Waals surface area (Å²) in [5.41, 5.74) is -0.821. The molecule has 1 heterocycles. The van der Waals surface area contributed by atoms with Gasteiger partial charge in [0, 0.05) is 6.92 Å². The van der Waals surface area contributed by atoms with E-state index in [1.54, 1.807) is 6.92 Å². The number of hydrogen-bond acceptors (Lipinski definition) is 4. The van der Waals surface area contributed by atoms with Crippen molar-refractivity contribution in [3.8, 4) is 0 Å². The Morgan fingerprint density at radius 3 is 2.47 bits per heavy atom. The predicted octanol–water partition coefficient (Wildman–Crippen LogP) is 0.891. The average Bonchev–Trinajstić information content (AvgIpc) is 2.75. The fourth-order valence-corrected chi connectivity index (χ4v) is 2.52. The number of aromatic amines is 1. The van der Waals surface area contributed by atoms with Crippen molar-refractivity contribution in [1.82, 2.24) is 20.5 Å². The van der Waals surface area contributed by atoms with Crippen LogP contribution in [0.25, 0.3) is 0 Å². The Kier molecular flexibility index (Phi) is 3.82. The molecule has 2 amide bonds. The standard InChI is InChI=1S/C12H19N5O2/c1-8-13-11(17-16-8)14-10(19)12(15-9(2)18)6-4-3-5-7-12/h3-7H2,1-2H3,(H,15,18)(H2,13,14,16,17,19). The SMILES string of the molecule is CC(=O)NC1(C(=O)Nc2n[nH]c(C)n2)CCCCC1. The summed E-state index contributed by atoms with van der Waals surface area (Å²) in [7, 11) is 0. The molecule has 2 rings (SSSR count). The minimum Gasteiger partial charge on any atom is -0.342 e. The van der Waals surface area contributed by atoms with E-state index >= 15 is 0 Å². The van der Waals surface area contributed by atoms with Crippen LogP contribution in [0.5, 0.6) is 0 Å². The summed E-state index contributed by atoms with van der Waals surface area (Å²) in [4.78, 5) is 27.8. The summed E-state index contributed by atoms with van der Waals surface area (Å²) < 4.78 is 0. The lowest BCUT2D eigenvalue weighted by Crippen LogP contribution is -2.57. The molecule has 19 heavy (non-hydrogen) atoms. The molecule has 0 unspecified atom stereocenters. The van der Waals surface area contributed by atoms with Gasteiger partial charge in [-0.25, -0.2) is 0 Å². The van der Waals surface area contributed by atoms with Crippen LogP contribution in [-0.4, -0.2) is 32.5 Å². The number of nitrogens with one attached hydrogen (secondary N) is 3. The second kappa shape index (κ2) is 5.38. The van der Waals surface area contributed by atoms with Crippen LogP contribution >= 0.6 is 0 Å². The quantitative estimate of drug-likeness (QED) is 0.755. The molecule has 104 valence electrons. The molecule has 7 heteroatoms. The maximum Gasteiger partial charge on any atom is 0.252 e. The van der Waals surface area contributed by atoms with Gasteiger partial charge >= 0.3 is 0 Å². The Morgan fingerprint density at radius 2 is 1.95 bits per heavy atom. The van der Waals surface area contributed by atoms with Gasteiger partial charge in [0.05, 0.1) is 0 Å². The first-order valence-corrected chi connectivity index (χ1v) is 6.51. The van der Waals surface area contributed by atoms with E-state index in [-0.39, 0.29) is 17.8 Å². The highest BCUT2D eigenvalue weighted by Crippen LogP contribution is 2.29. The minimum absolute atomic E-state index is 0.191. The van der Waals surface area contributed by atoms with E-state index in [0.717, 1.165) is 19.3 Å². The molecule has 1 aromatic heterocycles. The molecule has 0 bridgehead atoms. The molecule has 1 aliphatic carbocycles. The highest BCUT2D eigenvalue weighted by Gasteiger charge is 2.40. The lowest BCUT2D eigenvalue weighted by atomic mass is 9.81. The van der Waals surface area contributed by atoms with Crippen molar-refractivity contribution in [1.29, 1.82) is 0 Å². The molecule has 1 saturated carbocycles. The number of carbonyl (C=O) groups is 2. The summed E-state index contributed by atoms with van der Waals surface area (Å²) in [6.07, 6.45) is 4.26. The van der Waals surface area contributed by atoms with E-state index in [0.29, 0.717) is 18.7 Å². The number of nitrogens with zero attached hydrogens (tertiary/aromatic N) is 2. The summed E-state index contributed by atoms with van der Waals surface area (Å²) in [6.45, 7) is 3.19. The van der Waals surface area contributed by atoms with E-state index in [1.807, 2.05) is 0 Å². The maximum atomic E-state index is 12.4. The Balaban J connectivity index is 2.13. The number of hydrogen-bond donors (Lipinski definition) is 3. The minimum atomic E-state index is -0.821. The Hall–Kier alpha value is -1.92. The van der Waals surface area contributed by atoms with Crippen LogP contribution in [0, 0.1) is 6.92 Å². The molecule has 0 spiro atoms. The second-order valence-electron chi connectivity index (χ2n) is 5.02. The van der Waals surface area contributed by atoms with E-state index in [2.05, 4.69) is 25.8 Å². The molecule has 0 radical (unpaired) electrons. The summed E-state index contributed by atoms with van der Waals surface area (Å²) >= 11 is 0. The van der Waals surface area contributed by atoms with Gasteiger partial charge in [0.1, 0.15) is 11.4 Å². The maximum absolute atomic E-state index is 12.4. The third-order valence-electron chi connectivity index (χ3n) is 3.38. The van der Waals surface area contributed by atoms with Crippen molar-refractivity contribution < 1.29 is 9.59 Å². The first-order valence-electron chi connectivity index (χ1n) is 6.51. The average molecular weight is 265 g/mol. The first-order chi connectivity index (χ1) is 9.02. The van der Waals surface area contributed by atoms with Crippen LogP contribution in [0.4, 0.5) is 5.95 Å². The number of amides is 2. The van der Waals surface area contributed by atoms with Crippen molar-refractivity contribution in [2.45, 2.75) is 51.5 Å². The smallest absolute Gasteiger partial charge is 0.252 e. The van der Waals surface area contributed by atoms with Gasteiger partial charge in [0.2, 0.25) is 11.9 Å². The molecule has 7 nitrogen and oxygen atoms in total. The fourth-order valence-electron chi connectivity index (χ4n) is 2.52. The largest absolute Gasteiger partial charge is 0.342 e. The topological polar surface area (TPSA) is 99.8 Å². The molecule has 0 atom stereocenters. The van der Waals surface area contributed by atoms with Crippen molar-refractivity contribution in [2.24, 2.45) is 0 Å². The van der Waals surface area contributed by atoms with Gasteiger partial charge in [-0.3, -0.25) is 20.0 Å². The van der Waals surface area contributed by atoms with Gasteiger partial charge in [0.15, 0.2) is 0 Å². The van der Waals surface area contributed by atoms with Crippen molar-refractivity contribution in [3.05, 3.63) is 5.82 Å². The molecule has 0 saturated heterocycles. The number of H-pyrrole nitrogens is 1.